The van der Waals surface area contributed by atoms with E-state index in [1.165, 1.54) is 25.1 Å². The van der Waals surface area contributed by atoms with Gasteiger partial charge >= 0.3 is 0 Å². The van der Waals surface area contributed by atoms with Gasteiger partial charge in [0.25, 0.3) is 11.1 Å². The minimum atomic E-state index is -3.59. The van der Waals surface area contributed by atoms with Crippen molar-refractivity contribution in [2.45, 2.75) is 18.7 Å². The summed E-state index contributed by atoms with van der Waals surface area (Å²) in [4.78, 5) is 16.2. The smallest absolute Gasteiger partial charge is 0.268 e. The maximum absolute atomic E-state index is 12.9. The Kier molecular flexibility index (Phi) is 7.29. The normalized spacial score (nSPS) is 11.6. The minimum Gasteiger partial charge on any atom is -0.489 e. The number of hydrogen-bond acceptors (Lipinski definition) is 8. The number of ether oxygens (including phenoxy) is 1. The van der Waals surface area contributed by atoms with E-state index >= 15 is 0 Å². The summed E-state index contributed by atoms with van der Waals surface area (Å²) < 4.78 is 45.9. The number of nitriles is 1. The highest BCUT2D eigenvalue weighted by atomic mass is 32.2. The van der Waals surface area contributed by atoms with E-state index in [0.29, 0.717) is 22.8 Å². The van der Waals surface area contributed by atoms with Crippen LogP contribution in [0.15, 0.2) is 59.3 Å². The van der Waals surface area contributed by atoms with Crippen molar-refractivity contribution in [2.75, 3.05) is 11.1 Å². The van der Waals surface area contributed by atoms with Crippen LogP contribution in [0.2, 0.25) is 0 Å². The lowest BCUT2D eigenvalue weighted by molar-refractivity contribution is -0.112. The summed E-state index contributed by atoms with van der Waals surface area (Å²) in [7, 11) is -3.59. The molecule has 0 bridgehead atoms. The Labute approximate surface area is 188 Å². The molecule has 3 rings (SSSR count). The van der Waals surface area contributed by atoms with E-state index in [9.17, 15) is 22.9 Å². The van der Waals surface area contributed by atoms with Crippen molar-refractivity contribution >= 4 is 38.5 Å². The number of anilines is 1. The fourth-order valence-electron chi connectivity index (χ4n) is 2.40. The first-order valence-corrected chi connectivity index (χ1v) is 11.7. The summed E-state index contributed by atoms with van der Waals surface area (Å²) in [5.74, 6) is -0.655. The average molecular weight is 473 g/mol. The summed E-state index contributed by atoms with van der Waals surface area (Å²) in [6.07, 6.45) is 1.38. The molecule has 0 aliphatic carbocycles. The first-order chi connectivity index (χ1) is 15.3. The number of aromatic nitrogens is 2. The number of rotatable bonds is 8. The number of halogens is 1. The second-order valence-corrected chi connectivity index (χ2v) is 9.32. The molecular formula is C21H17FN4O4S2. The second-order valence-electron chi connectivity index (χ2n) is 6.39. The molecule has 1 N–H and O–H groups in total. The van der Waals surface area contributed by atoms with Crippen LogP contribution in [0, 0.1) is 17.1 Å². The first-order valence-electron chi connectivity index (χ1n) is 9.27. The third-order valence-corrected chi connectivity index (χ3v) is 6.41. The molecule has 3 aromatic rings. The molecule has 0 fully saturated rings. The molecule has 164 valence electrons. The topological polar surface area (TPSA) is 122 Å². The van der Waals surface area contributed by atoms with Crippen molar-refractivity contribution in [3.05, 3.63) is 71.0 Å². The lowest BCUT2D eigenvalue weighted by Crippen LogP contribution is -2.13. The molecule has 11 heteroatoms. The fourth-order valence-corrected chi connectivity index (χ4v) is 3.99. The van der Waals surface area contributed by atoms with Gasteiger partial charge in [0.05, 0.1) is 5.75 Å². The molecule has 0 aliphatic rings. The zero-order valence-corrected chi connectivity index (χ0v) is 18.4. The van der Waals surface area contributed by atoms with E-state index < -0.39 is 15.7 Å². The van der Waals surface area contributed by atoms with Gasteiger partial charge < -0.3 is 4.74 Å². The number of sulfone groups is 1. The Bertz CT molecular complexity index is 1280. The van der Waals surface area contributed by atoms with Crippen molar-refractivity contribution in [3.63, 3.8) is 0 Å². The molecule has 0 spiro atoms. The molecule has 1 amide bonds. The fraction of sp³-hybridized carbons (Fsp3) is 0.143. The summed E-state index contributed by atoms with van der Waals surface area (Å²) in [6, 6.07) is 14.5. The van der Waals surface area contributed by atoms with Crippen LogP contribution in [0.5, 0.6) is 5.75 Å². The predicted octanol–water partition coefficient (Wildman–Crippen LogP) is 3.60. The Morgan fingerprint density at radius 1 is 1.22 bits per heavy atom. The maximum atomic E-state index is 12.9. The van der Waals surface area contributed by atoms with Crippen LogP contribution in [0.1, 0.15) is 18.1 Å². The van der Waals surface area contributed by atoms with Crippen molar-refractivity contribution in [3.8, 4) is 11.8 Å². The number of hydrogen-bond donors (Lipinski definition) is 1. The van der Waals surface area contributed by atoms with Gasteiger partial charge in [-0.05, 0) is 41.5 Å². The standard InChI is InChI=1S/C21H17FN4O4S2/c1-2-32(28,29)21-25-20(31-26-21)24-19(27)16(12-23)11-14-5-9-18(10-6-14)30-13-15-3-7-17(22)8-4-15/h3-11H,2,13H2,1H3,(H,24,25,26,27). The van der Waals surface area contributed by atoms with E-state index in [-0.39, 0.29) is 34.0 Å². The number of amides is 1. The quantitative estimate of drug-likeness (QED) is 0.393. The molecule has 0 unspecified atom stereocenters. The zero-order valence-electron chi connectivity index (χ0n) is 16.8. The first kappa shape index (κ1) is 23.1. The van der Waals surface area contributed by atoms with Gasteiger partial charge in [-0.1, -0.05) is 31.2 Å². The van der Waals surface area contributed by atoms with E-state index in [1.807, 2.05) is 6.07 Å². The van der Waals surface area contributed by atoms with E-state index in [0.717, 1.165) is 5.56 Å². The van der Waals surface area contributed by atoms with Crippen LogP contribution in [-0.2, 0) is 21.2 Å². The molecule has 2 aromatic carbocycles. The largest absolute Gasteiger partial charge is 0.489 e. The van der Waals surface area contributed by atoms with Gasteiger partial charge in [-0.15, -0.1) is 0 Å². The lowest BCUT2D eigenvalue weighted by atomic mass is 10.1. The summed E-state index contributed by atoms with van der Waals surface area (Å²) in [5.41, 5.74) is 1.20. The highest BCUT2D eigenvalue weighted by Gasteiger charge is 2.20. The lowest BCUT2D eigenvalue weighted by Gasteiger charge is -2.07. The van der Waals surface area contributed by atoms with Gasteiger partial charge in [-0.3, -0.25) is 10.1 Å². The summed E-state index contributed by atoms with van der Waals surface area (Å²) in [6.45, 7) is 1.73. The molecule has 0 atom stereocenters. The van der Waals surface area contributed by atoms with Gasteiger partial charge in [-0.2, -0.15) is 14.6 Å². The maximum Gasteiger partial charge on any atom is 0.268 e. The molecule has 0 aliphatic heterocycles. The van der Waals surface area contributed by atoms with E-state index in [2.05, 4.69) is 14.7 Å². The van der Waals surface area contributed by atoms with Crippen LogP contribution < -0.4 is 10.1 Å². The molecule has 0 radical (unpaired) electrons. The molecular weight excluding hydrogens is 455 g/mol. The Balaban J connectivity index is 1.64. The highest BCUT2D eigenvalue weighted by Crippen LogP contribution is 2.19. The highest BCUT2D eigenvalue weighted by molar-refractivity contribution is 7.91. The Morgan fingerprint density at radius 2 is 1.91 bits per heavy atom. The molecule has 32 heavy (non-hydrogen) atoms. The Morgan fingerprint density at radius 3 is 2.53 bits per heavy atom. The molecule has 0 saturated heterocycles. The number of carbonyl (C=O) groups excluding carboxylic acids is 1. The van der Waals surface area contributed by atoms with Gasteiger partial charge in [0.1, 0.15) is 29.8 Å². The van der Waals surface area contributed by atoms with Gasteiger partial charge in [0.15, 0.2) is 0 Å². The number of nitrogens with zero attached hydrogens (tertiary/aromatic N) is 3. The predicted molar refractivity (Wildman–Crippen MR) is 117 cm³/mol. The van der Waals surface area contributed by atoms with Gasteiger partial charge in [-0.25, -0.2) is 12.8 Å². The van der Waals surface area contributed by atoms with E-state index in [4.69, 9.17) is 4.74 Å². The van der Waals surface area contributed by atoms with E-state index in [1.54, 1.807) is 36.4 Å². The summed E-state index contributed by atoms with van der Waals surface area (Å²) in [5, 5.41) is 11.3. The average Bonchev–Trinajstić information content (AvgIpc) is 3.27. The molecule has 1 heterocycles. The molecule has 8 nitrogen and oxygen atoms in total. The van der Waals surface area contributed by atoms with Crippen LogP contribution >= 0.6 is 11.5 Å². The van der Waals surface area contributed by atoms with Crippen molar-refractivity contribution in [2.24, 2.45) is 0 Å². The number of benzene rings is 2. The Hall–Kier alpha value is -3.62. The van der Waals surface area contributed by atoms with Crippen LogP contribution in [0.3, 0.4) is 0 Å². The number of nitrogens with one attached hydrogen (secondary N) is 1. The summed E-state index contributed by atoms with van der Waals surface area (Å²) >= 11 is 0.714. The van der Waals surface area contributed by atoms with Crippen LogP contribution in [0.25, 0.3) is 6.08 Å². The van der Waals surface area contributed by atoms with Crippen molar-refractivity contribution in [1.82, 2.24) is 9.36 Å². The molecule has 1 aromatic heterocycles. The van der Waals surface area contributed by atoms with Crippen LogP contribution in [-0.4, -0.2) is 29.4 Å². The van der Waals surface area contributed by atoms with Crippen LogP contribution in [0.4, 0.5) is 9.52 Å². The van der Waals surface area contributed by atoms with Gasteiger partial charge in [0, 0.05) is 11.5 Å². The van der Waals surface area contributed by atoms with Crippen molar-refractivity contribution in [1.29, 1.82) is 5.26 Å². The second kappa shape index (κ2) is 10.1. The minimum absolute atomic E-state index is 0.0206. The monoisotopic (exact) mass is 472 g/mol. The third kappa shape index (κ3) is 5.96. The number of carbonyl (C=O) groups is 1. The zero-order chi connectivity index (χ0) is 23.1. The van der Waals surface area contributed by atoms with Gasteiger partial charge in [0.2, 0.25) is 15.0 Å². The molecule has 0 saturated carbocycles. The van der Waals surface area contributed by atoms with Crippen molar-refractivity contribution < 1.29 is 22.3 Å². The third-order valence-electron chi connectivity index (χ3n) is 4.16. The SMILES string of the molecule is CCS(=O)(=O)c1nsc(NC(=O)C(C#N)=Cc2ccc(OCc3ccc(F)cc3)cc2)n1.